The number of aromatic amines is 1. The van der Waals surface area contributed by atoms with E-state index in [1.807, 2.05) is 35.6 Å². The van der Waals surface area contributed by atoms with Crippen molar-refractivity contribution in [2.24, 2.45) is 14.1 Å². The van der Waals surface area contributed by atoms with E-state index in [-0.39, 0.29) is 18.3 Å². The summed E-state index contributed by atoms with van der Waals surface area (Å²) >= 11 is 0. The largest absolute Gasteiger partial charge is 0.465 e. The zero-order chi connectivity index (χ0) is 30.6. The summed E-state index contributed by atoms with van der Waals surface area (Å²) in [6, 6.07) is 7.50. The molecule has 42 heavy (non-hydrogen) atoms. The molecule has 1 aliphatic carbocycles. The van der Waals surface area contributed by atoms with Crippen LogP contribution in [0.4, 0.5) is 9.18 Å². The maximum atomic E-state index is 15.0. The van der Waals surface area contributed by atoms with E-state index in [1.165, 1.54) is 4.68 Å². The van der Waals surface area contributed by atoms with E-state index in [0.717, 1.165) is 53.3 Å². The number of carbonyl (C=O) groups is 2. The Morgan fingerprint density at radius 3 is 2.40 bits per heavy atom. The van der Waals surface area contributed by atoms with Gasteiger partial charge in [-0.2, -0.15) is 4.39 Å². The molecule has 4 aromatic heterocycles. The first kappa shape index (κ1) is 30.2. The van der Waals surface area contributed by atoms with Gasteiger partial charge in [0, 0.05) is 52.7 Å². The third kappa shape index (κ3) is 5.55. The Kier molecular flexibility index (Phi) is 9.21. The summed E-state index contributed by atoms with van der Waals surface area (Å²) in [5.41, 5.74) is 5.06. The van der Waals surface area contributed by atoms with Crippen LogP contribution in [0.1, 0.15) is 37.3 Å². The number of methoxy groups -OCH3 is 1. The molecule has 0 bridgehead atoms. The number of H-pyrrole nitrogens is 1. The summed E-state index contributed by atoms with van der Waals surface area (Å²) in [4.78, 5) is 40.3. The van der Waals surface area contributed by atoms with Crippen LogP contribution in [0, 0.1) is 5.95 Å². The molecule has 5 aromatic rings. The number of pyridine rings is 1. The number of benzene rings is 1. The number of fused-ring (bicyclic) bond motifs is 3. The number of carbonyl (C=O) groups excluding carboxylic acids is 1. The highest BCUT2D eigenvalue weighted by Gasteiger charge is 2.28. The second-order valence-corrected chi connectivity index (χ2v) is 10.0. The topological polar surface area (TPSA) is 149 Å². The number of nitrogens with one attached hydrogen (secondary N) is 2. The number of hydrogen-bond acceptors (Lipinski definition) is 6. The highest BCUT2D eigenvalue weighted by molar-refractivity contribution is 6.14. The van der Waals surface area contributed by atoms with Crippen molar-refractivity contribution in [2.45, 2.75) is 38.3 Å². The van der Waals surface area contributed by atoms with Crippen LogP contribution in [0.2, 0.25) is 0 Å². The Hall–Kier alpha value is -4.78. The van der Waals surface area contributed by atoms with Crippen LogP contribution in [0.15, 0.2) is 41.5 Å². The van der Waals surface area contributed by atoms with Crippen LogP contribution in [-0.4, -0.2) is 61.1 Å². The SMILES string of the molecule is C=O.COC.Cn1cc(-c2[nH]c3ncc4c(c3c2-c2ccc(CNC(=O)O)cc2)n(C2CCCC2)c(=O)n4C)c(F)n1. The van der Waals surface area contributed by atoms with Gasteiger partial charge in [0.25, 0.3) is 0 Å². The van der Waals surface area contributed by atoms with E-state index < -0.39 is 12.0 Å². The molecule has 0 radical (unpaired) electrons. The number of nitrogens with zero attached hydrogens (tertiary/aromatic N) is 5. The Labute approximate surface area is 240 Å². The molecule has 1 fully saturated rings. The van der Waals surface area contributed by atoms with Gasteiger partial charge in [-0.1, -0.05) is 37.1 Å². The molecule has 4 heterocycles. The van der Waals surface area contributed by atoms with E-state index in [9.17, 15) is 14.0 Å². The van der Waals surface area contributed by atoms with Gasteiger partial charge in [0.15, 0.2) is 0 Å². The van der Waals surface area contributed by atoms with Crippen LogP contribution >= 0.6 is 0 Å². The lowest BCUT2D eigenvalue weighted by Gasteiger charge is -2.13. The quantitative estimate of drug-likeness (QED) is 0.280. The summed E-state index contributed by atoms with van der Waals surface area (Å²) in [6.07, 6.45) is 6.20. The molecule has 1 aromatic carbocycles. The van der Waals surface area contributed by atoms with Crippen molar-refractivity contribution < 1.29 is 23.8 Å². The zero-order valence-corrected chi connectivity index (χ0v) is 24.0. The van der Waals surface area contributed by atoms with Crippen molar-refractivity contribution in [3.05, 3.63) is 58.7 Å². The summed E-state index contributed by atoms with van der Waals surface area (Å²) in [5.74, 6) is -0.616. The minimum Gasteiger partial charge on any atom is -0.465 e. The van der Waals surface area contributed by atoms with E-state index in [1.54, 1.807) is 45.3 Å². The molecule has 0 spiro atoms. The van der Waals surface area contributed by atoms with Gasteiger partial charge in [0.1, 0.15) is 12.4 Å². The predicted molar refractivity (Wildman–Crippen MR) is 157 cm³/mol. The second kappa shape index (κ2) is 12.8. The van der Waals surface area contributed by atoms with Gasteiger partial charge in [0.05, 0.1) is 33.9 Å². The number of amides is 1. The Balaban J connectivity index is 0.000000763. The first-order chi connectivity index (χ1) is 20.2. The lowest BCUT2D eigenvalue weighted by Crippen LogP contribution is -2.24. The number of rotatable bonds is 5. The highest BCUT2D eigenvalue weighted by atomic mass is 19.1. The molecule has 0 atom stereocenters. The normalized spacial score (nSPS) is 13.1. The fourth-order valence-electron chi connectivity index (χ4n) is 5.57. The van der Waals surface area contributed by atoms with Crippen LogP contribution < -0.4 is 11.0 Å². The molecule has 1 saturated carbocycles. The average Bonchev–Trinajstić information content (AvgIpc) is 3.75. The molecular weight excluding hydrogens is 545 g/mol. The third-order valence-corrected chi connectivity index (χ3v) is 7.30. The van der Waals surface area contributed by atoms with Gasteiger partial charge in [-0.15, -0.1) is 5.10 Å². The second-order valence-electron chi connectivity index (χ2n) is 10.0. The monoisotopic (exact) mass is 579 g/mol. The van der Waals surface area contributed by atoms with E-state index in [0.29, 0.717) is 22.4 Å². The Morgan fingerprint density at radius 1 is 1.19 bits per heavy atom. The molecule has 1 aliphatic rings. The standard InChI is InChI=1S/C26H26FN7O3.C2H6O.CH2O/c1-32-13-17(23(27)31-32)21-19(15-9-7-14(8-10-15)11-29-25(35)36)20-22-18(12-28-24(20)30-21)33(2)26(37)34(22)16-5-3-4-6-16;1-3-2;1-2/h7-10,12-13,16,29H,3-6,11H2,1-2H3,(H,28,30)(H,35,36);1-2H3;1H2. The maximum Gasteiger partial charge on any atom is 0.404 e. The van der Waals surface area contributed by atoms with Crippen LogP contribution in [0.3, 0.4) is 0 Å². The smallest absolute Gasteiger partial charge is 0.404 e. The van der Waals surface area contributed by atoms with Crippen molar-refractivity contribution in [1.29, 1.82) is 0 Å². The van der Waals surface area contributed by atoms with Crippen LogP contribution in [0.25, 0.3) is 44.5 Å². The zero-order valence-electron chi connectivity index (χ0n) is 24.0. The maximum absolute atomic E-state index is 15.0. The van der Waals surface area contributed by atoms with Crippen LogP contribution in [0.5, 0.6) is 0 Å². The first-order valence-corrected chi connectivity index (χ1v) is 13.3. The van der Waals surface area contributed by atoms with Gasteiger partial charge in [-0.25, -0.2) is 14.6 Å². The fourth-order valence-corrected chi connectivity index (χ4v) is 5.57. The molecule has 0 unspecified atom stereocenters. The number of aromatic nitrogens is 6. The minimum atomic E-state index is -1.10. The molecule has 0 aliphatic heterocycles. The molecule has 222 valence electrons. The average molecular weight is 580 g/mol. The Bertz CT molecular complexity index is 1760. The van der Waals surface area contributed by atoms with Crippen LogP contribution in [-0.2, 0) is 30.2 Å². The van der Waals surface area contributed by atoms with Gasteiger partial charge >= 0.3 is 11.8 Å². The van der Waals surface area contributed by atoms with Gasteiger partial charge in [-0.3, -0.25) is 13.8 Å². The fraction of sp³-hybridized carbons (Fsp3) is 0.345. The van der Waals surface area contributed by atoms with Gasteiger partial charge in [0.2, 0.25) is 5.95 Å². The summed E-state index contributed by atoms with van der Waals surface area (Å²) in [5, 5.41) is 15.9. The van der Waals surface area contributed by atoms with E-state index >= 15 is 0 Å². The molecule has 6 rings (SSSR count). The molecular formula is C29H34FN7O5. The van der Waals surface area contributed by atoms with Gasteiger partial charge in [-0.05, 0) is 24.0 Å². The lowest BCUT2D eigenvalue weighted by atomic mass is 9.98. The van der Waals surface area contributed by atoms with Crippen molar-refractivity contribution in [1.82, 2.24) is 34.2 Å². The number of ether oxygens (including phenoxy) is 1. The molecule has 13 heteroatoms. The van der Waals surface area contributed by atoms with E-state index in [4.69, 9.17) is 9.90 Å². The van der Waals surface area contributed by atoms with Crippen molar-refractivity contribution in [3.8, 4) is 22.4 Å². The predicted octanol–water partition coefficient (Wildman–Crippen LogP) is 4.38. The Morgan fingerprint density at radius 2 is 1.83 bits per heavy atom. The number of carboxylic acid groups (broad SMARTS) is 1. The summed E-state index contributed by atoms with van der Waals surface area (Å²) in [6.45, 7) is 2.17. The van der Waals surface area contributed by atoms with Crippen molar-refractivity contribution in [2.75, 3.05) is 14.2 Å². The van der Waals surface area contributed by atoms with Crippen molar-refractivity contribution in [3.63, 3.8) is 0 Å². The number of imidazole rings is 1. The molecule has 12 nitrogen and oxygen atoms in total. The highest BCUT2D eigenvalue weighted by Crippen LogP contribution is 2.42. The summed E-state index contributed by atoms with van der Waals surface area (Å²) in [7, 11) is 6.66. The van der Waals surface area contributed by atoms with Crippen molar-refractivity contribution >= 4 is 34.9 Å². The molecule has 3 N–H and O–H groups in total. The number of hydrogen-bond donors (Lipinski definition) is 3. The third-order valence-electron chi connectivity index (χ3n) is 7.30. The minimum absolute atomic E-state index is 0.0902. The van der Waals surface area contributed by atoms with Gasteiger partial charge < -0.3 is 24.9 Å². The summed E-state index contributed by atoms with van der Waals surface area (Å²) < 4.78 is 24.2. The lowest BCUT2D eigenvalue weighted by molar-refractivity contribution is -0.0980. The first-order valence-electron chi connectivity index (χ1n) is 13.3. The number of halogens is 1. The molecule has 0 saturated heterocycles. The number of aryl methyl sites for hydroxylation is 2. The van der Waals surface area contributed by atoms with E-state index in [2.05, 4.69) is 25.1 Å². The molecule has 1 amide bonds.